The van der Waals surface area contributed by atoms with Gasteiger partial charge in [-0.2, -0.15) is 0 Å². The predicted molar refractivity (Wildman–Crippen MR) is 77.2 cm³/mol. The molecule has 0 spiro atoms. The van der Waals surface area contributed by atoms with Crippen LogP contribution in [0.1, 0.15) is 44.2 Å². The van der Waals surface area contributed by atoms with Crippen LogP contribution < -0.4 is 5.73 Å². The molecule has 0 bridgehead atoms. The zero-order chi connectivity index (χ0) is 13.0. The minimum atomic E-state index is 0.404. The van der Waals surface area contributed by atoms with Gasteiger partial charge in [-0.1, -0.05) is 38.1 Å². The summed E-state index contributed by atoms with van der Waals surface area (Å²) in [5, 5.41) is 0. The van der Waals surface area contributed by atoms with Gasteiger partial charge < -0.3 is 5.73 Å². The maximum Gasteiger partial charge on any atom is 0.0240 e. The summed E-state index contributed by atoms with van der Waals surface area (Å²) in [6.07, 6.45) is 3.69. The summed E-state index contributed by atoms with van der Waals surface area (Å²) in [6, 6.07) is 8.81. The van der Waals surface area contributed by atoms with Crippen molar-refractivity contribution in [3.05, 3.63) is 35.4 Å². The van der Waals surface area contributed by atoms with E-state index in [0.29, 0.717) is 5.41 Å². The zero-order valence-electron chi connectivity index (χ0n) is 11.8. The van der Waals surface area contributed by atoms with E-state index in [1.165, 1.54) is 30.5 Å². The van der Waals surface area contributed by atoms with Crippen LogP contribution in [0, 0.1) is 5.41 Å². The Morgan fingerprint density at radius 1 is 1.11 bits per heavy atom. The highest BCUT2D eigenvalue weighted by Gasteiger charge is 2.20. The van der Waals surface area contributed by atoms with E-state index in [9.17, 15) is 0 Å². The van der Waals surface area contributed by atoms with Gasteiger partial charge in [0.25, 0.3) is 0 Å². The van der Waals surface area contributed by atoms with E-state index >= 15 is 0 Å². The third-order valence-electron chi connectivity index (χ3n) is 4.06. The summed E-state index contributed by atoms with van der Waals surface area (Å²) in [6.45, 7) is 8.95. The minimum Gasteiger partial charge on any atom is -0.330 e. The van der Waals surface area contributed by atoms with Crippen LogP contribution in [0.3, 0.4) is 0 Å². The Morgan fingerprint density at radius 2 is 1.72 bits per heavy atom. The van der Waals surface area contributed by atoms with Gasteiger partial charge >= 0.3 is 0 Å². The van der Waals surface area contributed by atoms with E-state index in [4.69, 9.17) is 5.73 Å². The third kappa shape index (κ3) is 3.56. The molecule has 0 aromatic heterocycles. The normalized spacial score (nSPS) is 15.9. The lowest BCUT2D eigenvalue weighted by Crippen LogP contribution is -2.22. The molecule has 18 heavy (non-hydrogen) atoms. The van der Waals surface area contributed by atoms with Crippen LogP contribution in [-0.4, -0.2) is 18.0 Å². The summed E-state index contributed by atoms with van der Waals surface area (Å²) >= 11 is 0. The molecule has 0 saturated carbocycles. The Bertz CT molecular complexity index is 359. The van der Waals surface area contributed by atoms with Crippen molar-refractivity contribution in [2.75, 3.05) is 13.1 Å². The molecule has 2 nitrogen and oxygen atoms in total. The van der Waals surface area contributed by atoms with Gasteiger partial charge in [0, 0.05) is 13.1 Å². The summed E-state index contributed by atoms with van der Waals surface area (Å²) in [4.78, 5) is 2.56. The highest BCUT2D eigenvalue weighted by molar-refractivity contribution is 5.30. The first kappa shape index (κ1) is 13.6. The first-order valence-electron chi connectivity index (χ1n) is 7.10. The molecule has 1 aliphatic rings. The van der Waals surface area contributed by atoms with Crippen LogP contribution in [0.25, 0.3) is 0 Å². The number of hydrogen-bond acceptors (Lipinski definition) is 2. The monoisotopic (exact) mass is 246 g/mol. The summed E-state index contributed by atoms with van der Waals surface area (Å²) < 4.78 is 0. The van der Waals surface area contributed by atoms with Crippen molar-refractivity contribution in [1.29, 1.82) is 0 Å². The second-order valence-electron chi connectivity index (χ2n) is 6.29. The molecule has 0 atom stereocenters. The quantitative estimate of drug-likeness (QED) is 0.835. The van der Waals surface area contributed by atoms with Crippen molar-refractivity contribution >= 4 is 0 Å². The highest BCUT2D eigenvalue weighted by atomic mass is 15.1. The Hall–Kier alpha value is -0.860. The van der Waals surface area contributed by atoms with E-state index in [1.54, 1.807) is 0 Å². The van der Waals surface area contributed by atoms with Crippen molar-refractivity contribution in [1.82, 2.24) is 4.90 Å². The van der Waals surface area contributed by atoms with Crippen LogP contribution >= 0.6 is 0 Å². The van der Waals surface area contributed by atoms with Gasteiger partial charge in [0.05, 0.1) is 0 Å². The molecule has 100 valence electrons. The maximum absolute atomic E-state index is 5.66. The second kappa shape index (κ2) is 5.85. The molecule has 2 N–H and O–H groups in total. The van der Waals surface area contributed by atoms with Crippen LogP contribution in [0.15, 0.2) is 24.3 Å². The van der Waals surface area contributed by atoms with Gasteiger partial charge in [-0.05, 0) is 48.9 Å². The lowest BCUT2D eigenvalue weighted by atomic mass is 9.84. The molecule has 1 heterocycles. The molecule has 0 saturated heterocycles. The molecule has 2 heteroatoms. The average Bonchev–Trinajstić information content (AvgIpc) is 2.71. The number of rotatable bonds is 6. The smallest absolute Gasteiger partial charge is 0.0240 e. The average molecular weight is 246 g/mol. The fourth-order valence-electron chi connectivity index (χ4n) is 2.86. The number of nitrogens with zero attached hydrogens (tertiary/aromatic N) is 1. The number of fused-ring (bicyclic) bond motifs is 1. The molecule has 0 fully saturated rings. The largest absolute Gasteiger partial charge is 0.330 e. The fraction of sp³-hybridized carbons (Fsp3) is 0.625. The molecule has 1 aromatic carbocycles. The molecule has 0 aliphatic carbocycles. The predicted octanol–water partition coefficient (Wildman–Crippen LogP) is 3.16. The molecule has 0 unspecified atom stereocenters. The first-order valence-corrected chi connectivity index (χ1v) is 7.10. The van der Waals surface area contributed by atoms with Crippen LogP contribution in [0.4, 0.5) is 0 Å². The highest BCUT2D eigenvalue weighted by Crippen LogP contribution is 2.27. The Labute approximate surface area is 111 Å². The second-order valence-corrected chi connectivity index (χ2v) is 6.29. The number of nitrogens with two attached hydrogens (primary N) is 1. The number of hydrogen-bond donors (Lipinski definition) is 1. The number of benzene rings is 1. The van der Waals surface area contributed by atoms with E-state index in [0.717, 1.165) is 26.1 Å². The van der Waals surface area contributed by atoms with Crippen molar-refractivity contribution < 1.29 is 0 Å². The van der Waals surface area contributed by atoms with Crippen molar-refractivity contribution in [2.24, 2.45) is 11.1 Å². The molecule has 1 aromatic rings. The summed E-state index contributed by atoms with van der Waals surface area (Å²) in [5.41, 5.74) is 9.09. The molecule has 0 radical (unpaired) electrons. The Morgan fingerprint density at radius 3 is 2.28 bits per heavy atom. The topological polar surface area (TPSA) is 29.3 Å². The van der Waals surface area contributed by atoms with Gasteiger partial charge in [-0.3, -0.25) is 4.90 Å². The third-order valence-corrected chi connectivity index (χ3v) is 4.06. The zero-order valence-corrected chi connectivity index (χ0v) is 11.8. The van der Waals surface area contributed by atoms with Gasteiger partial charge in [-0.25, -0.2) is 0 Å². The maximum atomic E-state index is 5.66. The Kier molecular flexibility index (Phi) is 4.41. The van der Waals surface area contributed by atoms with Crippen molar-refractivity contribution in [3.63, 3.8) is 0 Å². The summed E-state index contributed by atoms with van der Waals surface area (Å²) in [7, 11) is 0. The van der Waals surface area contributed by atoms with Gasteiger partial charge in [0.2, 0.25) is 0 Å². The molecular formula is C16H26N2. The van der Waals surface area contributed by atoms with Crippen molar-refractivity contribution in [2.45, 2.75) is 46.2 Å². The lowest BCUT2D eigenvalue weighted by molar-refractivity contribution is 0.239. The van der Waals surface area contributed by atoms with Gasteiger partial charge in [-0.15, -0.1) is 0 Å². The molecular weight excluding hydrogens is 220 g/mol. The van der Waals surface area contributed by atoms with Crippen LogP contribution in [0.5, 0.6) is 0 Å². The first-order chi connectivity index (χ1) is 8.61. The SMILES string of the molecule is CC(C)(CCN)CCCN1Cc2ccccc2C1. The van der Waals surface area contributed by atoms with Gasteiger partial charge in [0.15, 0.2) is 0 Å². The Balaban J connectivity index is 1.74. The molecule has 1 aliphatic heterocycles. The van der Waals surface area contributed by atoms with E-state index in [1.807, 2.05) is 0 Å². The fourth-order valence-corrected chi connectivity index (χ4v) is 2.86. The van der Waals surface area contributed by atoms with Crippen LogP contribution in [-0.2, 0) is 13.1 Å². The van der Waals surface area contributed by atoms with E-state index in [-0.39, 0.29) is 0 Å². The van der Waals surface area contributed by atoms with Crippen LogP contribution in [0.2, 0.25) is 0 Å². The summed E-state index contributed by atoms with van der Waals surface area (Å²) in [5.74, 6) is 0. The van der Waals surface area contributed by atoms with E-state index in [2.05, 4.69) is 43.0 Å². The van der Waals surface area contributed by atoms with Crippen molar-refractivity contribution in [3.8, 4) is 0 Å². The standard InChI is InChI=1S/C16H26N2/c1-16(2,9-10-17)8-5-11-18-12-14-6-3-4-7-15(14)13-18/h3-4,6-7H,5,8-13,17H2,1-2H3. The molecule has 0 amide bonds. The lowest BCUT2D eigenvalue weighted by Gasteiger charge is -2.25. The molecule has 2 rings (SSSR count). The van der Waals surface area contributed by atoms with E-state index < -0.39 is 0 Å². The van der Waals surface area contributed by atoms with Gasteiger partial charge in [0.1, 0.15) is 0 Å². The minimum absolute atomic E-state index is 0.404.